The molecule has 0 aliphatic carbocycles. The molecule has 3 rings (SSSR count). The first-order valence-electron chi connectivity index (χ1n) is 6.30. The van der Waals surface area contributed by atoms with Gasteiger partial charge in [0.25, 0.3) is 0 Å². The number of carboxylic acid groups (broad SMARTS) is 1. The van der Waals surface area contributed by atoms with Crippen molar-refractivity contribution < 1.29 is 9.90 Å². The van der Waals surface area contributed by atoms with E-state index in [-0.39, 0.29) is 18.1 Å². The van der Waals surface area contributed by atoms with E-state index in [0.717, 1.165) is 5.56 Å². The van der Waals surface area contributed by atoms with Crippen LogP contribution in [0, 0.1) is 0 Å². The van der Waals surface area contributed by atoms with Gasteiger partial charge in [-0.25, -0.2) is 14.3 Å². The van der Waals surface area contributed by atoms with Crippen molar-refractivity contribution in [2.45, 2.75) is 6.54 Å². The minimum atomic E-state index is -1.08. The third kappa shape index (κ3) is 3.67. The highest BCUT2D eigenvalue weighted by Gasteiger charge is 2.11. The summed E-state index contributed by atoms with van der Waals surface area (Å²) >= 11 is 11.8. The topological polar surface area (TPSA) is 79.5 Å². The number of imidazole rings is 1. The first-order chi connectivity index (χ1) is 10.5. The van der Waals surface area contributed by atoms with E-state index in [0.29, 0.717) is 28.1 Å². The summed E-state index contributed by atoms with van der Waals surface area (Å²) in [5, 5.41) is 17.4. The summed E-state index contributed by atoms with van der Waals surface area (Å²) < 4.78 is 1.28. The Bertz CT molecular complexity index is 866. The maximum absolute atomic E-state index is 11.1. The molecule has 120 valence electrons. The third-order valence-corrected chi connectivity index (χ3v) is 3.78. The fourth-order valence-electron chi connectivity index (χ4n) is 1.96. The van der Waals surface area contributed by atoms with Crippen LogP contribution >= 0.6 is 35.6 Å². The molecule has 0 amide bonds. The number of anilines is 1. The molecule has 6 nitrogen and oxygen atoms in total. The van der Waals surface area contributed by atoms with Crippen molar-refractivity contribution in [3.05, 3.63) is 57.8 Å². The number of fused-ring (bicyclic) bond motifs is 1. The van der Waals surface area contributed by atoms with Crippen LogP contribution < -0.4 is 5.32 Å². The standard InChI is InChI=1S/C14H10Cl2N4O2.ClH/c15-9-2-1-8(5-10(9)16)6-17-12-3-4-13-18-7-11(14(21)22)20(13)19-12;/h1-5,7H,6H2,(H,17,19)(H,21,22);1H. The normalized spacial score (nSPS) is 10.3. The van der Waals surface area contributed by atoms with Gasteiger partial charge in [-0.05, 0) is 29.8 Å². The van der Waals surface area contributed by atoms with Crippen LogP contribution in [0.15, 0.2) is 36.5 Å². The average molecular weight is 374 g/mol. The van der Waals surface area contributed by atoms with Gasteiger partial charge in [0.05, 0.1) is 16.2 Å². The van der Waals surface area contributed by atoms with Gasteiger partial charge in [0, 0.05) is 6.54 Å². The molecule has 0 aliphatic rings. The Kier molecular flexibility index (Phi) is 5.30. The molecule has 1 aromatic carbocycles. The molecule has 0 atom stereocenters. The van der Waals surface area contributed by atoms with Crippen LogP contribution in [0.5, 0.6) is 0 Å². The van der Waals surface area contributed by atoms with Crippen LogP contribution in [0.25, 0.3) is 5.65 Å². The van der Waals surface area contributed by atoms with Crippen LogP contribution in [0.2, 0.25) is 10.0 Å². The fraction of sp³-hybridized carbons (Fsp3) is 0.0714. The molecule has 0 saturated carbocycles. The molecule has 9 heteroatoms. The number of aromatic carboxylic acids is 1. The Morgan fingerprint density at radius 2 is 2.00 bits per heavy atom. The quantitative estimate of drug-likeness (QED) is 0.728. The van der Waals surface area contributed by atoms with Crippen molar-refractivity contribution in [2.24, 2.45) is 0 Å². The highest BCUT2D eigenvalue weighted by Crippen LogP contribution is 2.23. The zero-order valence-electron chi connectivity index (χ0n) is 11.5. The number of hydrogen-bond donors (Lipinski definition) is 2. The lowest BCUT2D eigenvalue weighted by molar-refractivity contribution is 0.0688. The van der Waals surface area contributed by atoms with Gasteiger partial charge in [-0.1, -0.05) is 29.3 Å². The Hall–Kier alpha value is -2.02. The molecular weight excluding hydrogens is 363 g/mol. The summed E-state index contributed by atoms with van der Waals surface area (Å²) in [6.07, 6.45) is 1.27. The molecule has 0 fully saturated rings. The Morgan fingerprint density at radius 3 is 2.70 bits per heavy atom. The Labute approximate surface area is 147 Å². The van der Waals surface area contributed by atoms with E-state index in [1.54, 1.807) is 24.3 Å². The van der Waals surface area contributed by atoms with Crippen molar-refractivity contribution in [3.8, 4) is 0 Å². The molecule has 0 saturated heterocycles. The van der Waals surface area contributed by atoms with Crippen molar-refractivity contribution in [3.63, 3.8) is 0 Å². The number of nitrogens with one attached hydrogen (secondary N) is 1. The van der Waals surface area contributed by atoms with E-state index in [1.807, 2.05) is 6.07 Å². The van der Waals surface area contributed by atoms with Gasteiger partial charge < -0.3 is 10.4 Å². The lowest BCUT2D eigenvalue weighted by atomic mass is 10.2. The maximum atomic E-state index is 11.1. The fourth-order valence-corrected chi connectivity index (χ4v) is 2.28. The molecule has 0 unspecified atom stereocenters. The molecule has 3 aromatic rings. The summed E-state index contributed by atoms with van der Waals surface area (Å²) in [6, 6.07) is 8.74. The minimum absolute atomic E-state index is 0. The summed E-state index contributed by atoms with van der Waals surface area (Å²) in [7, 11) is 0. The van der Waals surface area contributed by atoms with Gasteiger partial charge in [-0.2, -0.15) is 0 Å². The van der Waals surface area contributed by atoms with Crippen molar-refractivity contribution in [1.29, 1.82) is 0 Å². The number of carboxylic acids is 1. The summed E-state index contributed by atoms with van der Waals surface area (Å²) in [5.41, 5.74) is 1.41. The number of rotatable bonds is 4. The molecule has 23 heavy (non-hydrogen) atoms. The Balaban J connectivity index is 0.00000192. The lowest BCUT2D eigenvalue weighted by Crippen LogP contribution is -2.08. The van der Waals surface area contributed by atoms with E-state index in [4.69, 9.17) is 28.3 Å². The zero-order valence-corrected chi connectivity index (χ0v) is 13.9. The number of carbonyl (C=O) groups is 1. The van der Waals surface area contributed by atoms with Gasteiger partial charge in [-0.15, -0.1) is 17.5 Å². The predicted octanol–water partition coefficient (Wildman–Crippen LogP) is 3.77. The van der Waals surface area contributed by atoms with Crippen molar-refractivity contribution >= 4 is 53.0 Å². The third-order valence-electron chi connectivity index (χ3n) is 3.04. The number of halogens is 3. The molecular formula is C14H11Cl3N4O2. The largest absolute Gasteiger partial charge is 0.476 e. The number of nitrogens with zero attached hydrogens (tertiary/aromatic N) is 3. The average Bonchev–Trinajstić information content (AvgIpc) is 2.91. The van der Waals surface area contributed by atoms with Crippen LogP contribution in [0.4, 0.5) is 5.82 Å². The molecule has 0 radical (unpaired) electrons. The minimum Gasteiger partial charge on any atom is -0.476 e. The monoisotopic (exact) mass is 372 g/mol. The van der Waals surface area contributed by atoms with Gasteiger partial charge >= 0.3 is 5.97 Å². The number of aromatic nitrogens is 3. The SMILES string of the molecule is Cl.O=C(O)c1cnc2ccc(NCc3ccc(Cl)c(Cl)c3)nn12. The number of hydrogen-bond acceptors (Lipinski definition) is 4. The second-order valence-electron chi connectivity index (χ2n) is 4.54. The first-order valence-corrected chi connectivity index (χ1v) is 7.06. The predicted molar refractivity (Wildman–Crippen MR) is 91.0 cm³/mol. The molecule has 2 aromatic heterocycles. The molecule has 0 bridgehead atoms. The van der Waals surface area contributed by atoms with Crippen LogP contribution in [-0.2, 0) is 6.54 Å². The van der Waals surface area contributed by atoms with Gasteiger partial charge in [0.2, 0.25) is 0 Å². The molecule has 2 heterocycles. The van der Waals surface area contributed by atoms with Crippen molar-refractivity contribution in [2.75, 3.05) is 5.32 Å². The molecule has 0 aliphatic heterocycles. The highest BCUT2D eigenvalue weighted by molar-refractivity contribution is 6.42. The van der Waals surface area contributed by atoms with Gasteiger partial charge in [0.1, 0.15) is 5.82 Å². The zero-order chi connectivity index (χ0) is 15.7. The molecule has 0 spiro atoms. The lowest BCUT2D eigenvalue weighted by Gasteiger charge is -2.07. The van der Waals surface area contributed by atoms with E-state index in [2.05, 4.69) is 15.4 Å². The second kappa shape index (κ2) is 7.04. The molecule has 2 N–H and O–H groups in total. The van der Waals surface area contributed by atoms with Crippen molar-refractivity contribution in [1.82, 2.24) is 14.6 Å². The van der Waals surface area contributed by atoms with E-state index in [9.17, 15) is 4.79 Å². The van der Waals surface area contributed by atoms with Crippen LogP contribution in [0.3, 0.4) is 0 Å². The number of benzene rings is 1. The summed E-state index contributed by atoms with van der Waals surface area (Å²) in [4.78, 5) is 15.1. The van der Waals surface area contributed by atoms with E-state index < -0.39 is 5.97 Å². The maximum Gasteiger partial charge on any atom is 0.356 e. The van der Waals surface area contributed by atoms with Crippen LogP contribution in [0.1, 0.15) is 16.1 Å². The van der Waals surface area contributed by atoms with E-state index in [1.165, 1.54) is 10.7 Å². The summed E-state index contributed by atoms with van der Waals surface area (Å²) in [5.74, 6) is -0.555. The smallest absolute Gasteiger partial charge is 0.356 e. The summed E-state index contributed by atoms with van der Waals surface area (Å²) in [6.45, 7) is 0.479. The first kappa shape index (κ1) is 17.3. The van der Waals surface area contributed by atoms with Gasteiger partial charge in [-0.3, -0.25) is 0 Å². The van der Waals surface area contributed by atoms with Crippen LogP contribution in [-0.4, -0.2) is 25.7 Å². The van der Waals surface area contributed by atoms with E-state index >= 15 is 0 Å². The second-order valence-corrected chi connectivity index (χ2v) is 5.35. The van der Waals surface area contributed by atoms with Gasteiger partial charge in [0.15, 0.2) is 11.3 Å². The highest BCUT2D eigenvalue weighted by atomic mass is 35.5. The Morgan fingerprint density at radius 1 is 1.22 bits per heavy atom.